The minimum Gasteiger partial charge on any atom is -0.491 e. The van der Waals surface area contributed by atoms with Gasteiger partial charge < -0.3 is 20.1 Å². The average Bonchev–Trinajstić information content (AvgIpc) is 3.37. The number of para-hydroxylation sites is 1. The molecule has 1 fully saturated rings. The van der Waals surface area contributed by atoms with E-state index < -0.39 is 0 Å². The molecule has 6 nitrogen and oxygen atoms in total. The Labute approximate surface area is 193 Å². The van der Waals surface area contributed by atoms with Crippen molar-refractivity contribution in [2.75, 3.05) is 18.5 Å². The van der Waals surface area contributed by atoms with E-state index in [-0.39, 0.29) is 24.0 Å². The topological polar surface area (TPSA) is 76.7 Å². The lowest BCUT2D eigenvalue weighted by Gasteiger charge is -2.16. The number of hydrogen-bond donors (Lipinski definition) is 2. The zero-order chi connectivity index (χ0) is 23.0. The summed E-state index contributed by atoms with van der Waals surface area (Å²) in [4.78, 5) is 25.7. The van der Waals surface area contributed by atoms with Crippen LogP contribution in [0.4, 0.5) is 5.69 Å². The maximum Gasteiger partial charge on any atom is 0.255 e. The lowest BCUT2D eigenvalue weighted by molar-refractivity contribution is 0.0679. The van der Waals surface area contributed by atoms with Gasteiger partial charge in [-0.3, -0.25) is 9.59 Å². The highest BCUT2D eigenvalue weighted by molar-refractivity contribution is 6.09. The third-order valence-electron chi connectivity index (χ3n) is 5.64. The Hall–Kier alpha value is -3.64. The van der Waals surface area contributed by atoms with Gasteiger partial charge in [-0.15, -0.1) is 0 Å². The van der Waals surface area contributed by atoms with Gasteiger partial charge in [-0.05, 0) is 61.7 Å². The molecule has 3 aromatic rings. The van der Waals surface area contributed by atoms with Crippen LogP contribution in [-0.2, 0) is 4.74 Å². The van der Waals surface area contributed by atoms with E-state index in [0.29, 0.717) is 29.2 Å². The van der Waals surface area contributed by atoms with E-state index >= 15 is 0 Å². The summed E-state index contributed by atoms with van der Waals surface area (Å²) in [5, 5.41) is 5.85. The van der Waals surface area contributed by atoms with Crippen molar-refractivity contribution in [3.05, 3.63) is 95.6 Å². The molecular weight excluding hydrogens is 416 g/mol. The summed E-state index contributed by atoms with van der Waals surface area (Å²) >= 11 is 0. The summed E-state index contributed by atoms with van der Waals surface area (Å²) in [7, 11) is 0. The minimum absolute atomic E-state index is 0.139. The van der Waals surface area contributed by atoms with Gasteiger partial charge in [0, 0.05) is 12.2 Å². The minimum atomic E-state index is -0.294. The Morgan fingerprint density at radius 2 is 1.70 bits per heavy atom. The second kappa shape index (κ2) is 10.8. The predicted molar refractivity (Wildman–Crippen MR) is 128 cm³/mol. The number of amides is 2. The van der Waals surface area contributed by atoms with Gasteiger partial charge in [0.2, 0.25) is 0 Å². The molecule has 0 aliphatic carbocycles. The van der Waals surface area contributed by atoms with Gasteiger partial charge in [0.05, 0.1) is 23.4 Å². The van der Waals surface area contributed by atoms with Crippen molar-refractivity contribution in [1.82, 2.24) is 5.32 Å². The molecule has 0 spiro atoms. The van der Waals surface area contributed by atoms with Gasteiger partial charge in [-0.1, -0.05) is 42.5 Å². The first kappa shape index (κ1) is 22.6. The highest BCUT2D eigenvalue weighted by Gasteiger charge is 2.18. The molecule has 1 heterocycles. The molecule has 1 saturated heterocycles. The molecular formula is C27H28N2O4. The van der Waals surface area contributed by atoms with E-state index in [0.717, 1.165) is 25.0 Å². The maximum atomic E-state index is 12.9. The molecule has 2 unspecified atom stereocenters. The number of benzene rings is 3. The number of rotatable bonds is 8. The molecule has 2 N–H and O–H groups in total. The number of hydrogen-bond acceptors (Lipinski definition) is 4. The quantitative estimate of drug-likeness (QED) is 0.513. The highest BCUT2D eigenvalue weighted by atomic mass is 16.5. The Balaban J connectivity index is 1.38. The van der Waals surface area contributed by atoms with Crippen molar-refractivity contribution in [2.24, 2.45) is 0 Å². The fourth-order valence-corrected chi connectivity index (χ4v) is 3.75. The van der Waals surface area contributed by atoms with Crippen LogP contribution < -0.4 is 15.4 Å². The van der Waals surface area contributed by atoms with Crippen molar-refractivity contribution in [3.8, 4) is 5.75 Å². The Morgan fingerprint density at radius 3 is 2.42 bits per heavy atom. The molecule has 170 valence electrons. The SMILES string of the molecule is CC(NC(=O)c1ccccc1NC(=O)c1ccc(OCC2CCCO2)cc1)c1ccccc1. The highest BCUT2D eigenvalue weighted by Crippen LogP contribution is 2.20. The van der Waals surface area contributed by atoms with Gasteiger partial charge in [0.1, 0.15) is 12.4 Å². The first-order valence-electron chi connectivity index (χ1n) is 11.2. The fourth-order valence-electron chi connectivity index (χ4n) is 3.75. The van der Waals surface area contributed by atoms with Crippen molar-refractivity contribution in [3.63, 3.8) is 0 Å². The van der Waals surface area contributed by atoms with E-state index in [1.807, 2.05) is 37.3 Å². The average molecular weight is 445 g/mol. The lowest BCUT2D eigenvalue weighted by atomic mass is 10.1. The number of anilines is 1. The molecule has 0 bridgehead atoms. The molecule has 1 aliphatic rings. The van der Waals surface area contributed by atoms with Crippen molar-refractivity contribution in [2.45, 2.75) is 31.9 Å². The zero-order valence-corrected chi connectivity index (χ0v) is 18.6. The van der Waals surface area contributed by atoms with E-state index in [2.05, 4.69) is 10.6 Å². The van der Waals surface area contributed by atoms with Crippen LogP contribution in [0.3, 0.4) is 0 Å². The molecule has 2 atom stereocenters. The lowest BCUT2D eigenvalue weighted by Crippen LogP contribution is -2.28. The van der Waals surface area contributed by atoms with Crippen LogP contribution in [0.5, 0.6) is 5.75 Å². The van der Waals surface area contributed by atoms with E-state index in [9.17, 15) is 9.59 Å². The smallest absolute Gasteiger partial charge is 0.255 e. The van der Waals surface area contributed by atoms with Crippen molar-refractivity contribution in [1.29, 1.82) is 0 Å². The third-order valence-corrected chi connectivity index (χ3v) is 5.64. The van der Waals surface area contributed by atoms with Gasteiger partial charge in [-0.2, -0.15) is 0 Å². The predicted octanol–water partition coefficient (Wildman–Crippen LogP) is 4.99. The third kappa shape index (κ3) is 5.99. The molecule has 0 saturated carbocycles. The van der Waals surface area contributed by atoms with Crippen LogP contribution in [0.1, 0.15) is 52.1 Å². The van der Waals surface area contributed by atoms with Gasteiger partial charge in [0.15, 0.2) is 0 Å². The van der Waals surface area contributed by atoms with Crippen LogP contribution in [-0.4, -0.2) is 31.1 Å². The molecule has 3 aromatic carbocycles. The van der Waals surface area contributed by atoms with E-state index in [4.69, 9.17) is 9.47 Å². The van der Waals surface area contributed by atoms with Crippen LogP contribution in [0, 0.1) is 0 Å². The van der Waals surface area contributed by atoms with Gasteiger partial charge in [0.25, 0.3) is 11.8 Å². The second-order valence-corrected chi connectivity index (χ2v) is 8.08. The number of carbonyl (C=O) groups is 2. The summed E-state index contributed by atoms with van der Waals surface area (Å²) in [5.41, 5.74) is 2.35. The molecule has 0 radical (unpaired) electrons. The summed E-state index contributed by atoms with van der Waals surface area (Å²) in [6.45, 7) is 3.23. The summed E-state index contributed by atoms with van der Waals surface area (Å²) in [6, 6.07) is 23.5. The van der Waals surface area contributed by atoms with E-state index in [1.54, 1.807) is 48.5 Å². The summed E-state index contributed by atoms with van der Waals surface area (Å²) in [6.07, 6.45) is 2.22. The maximum absolute atomic E-state index is 12.9. The first-order chi connectivity index (χ1) is 16.1. The molecule has 6 heteroatoms. The summed E-state index contributed by atoms with van der Waals surface area (Å²) in [5.74, 6) is 0.147. The van der Waals surface area contributed by atoms with E-state index in [1.165, 1.54) is 0 Å². The Kier molecular flexibility index (Phi) is 7.37. The van der Waals surface area contributed by atoms with Crippen LogP contribution in [0.15, 0.2) is 78.9 Å². The van der Waals surface area contributed by atoms with Crippen molar-refractivity contribution >= 4 is 17.5 Å². The number of nitrogens with one attached hydrogen (secondary N) is 2. The van der Waals surface area contributed by atoms with Gasteiger partial charge >= 0.3 is 0 Å². The Bertz CT molecular complexity index is 1080. The zero-order valence-electron chi connectivity index (χ0n) is 18.6. The summed E-state index contributed by atoms with van der Waals surface area (Å²) < 4.78 is 11.3. The second-order valence-electron chi connectivity index (χ2n) is 8.08. The number of carbonyl (C=O) groups excluding carboxylic acids is 2. The Morgan fingerprint density at radius 1 is 0.970 bits per heavy atom. The van der Waals surface area contributed by atoms with Crippen LogP contribution >= 0.6 is 0 Å². The molecule has 2 amide bonds. The van der Waals surface area contributed by atoms with Crippen LogP contribution in [0.2, 0.25) is 0 Å². The number of ether oxygens (including phenoxy) is 2. The monoisotopic (exact) mass is 444 g/mol. The van der Waals surface area contributed by atoms with Gasteiger partial charge in [-0.25, -0.2) is 0 Å². The molecule has 4 rings (SSSR count). The molecule has 33 heavy (non-hydrogen) atoms. The molecule has 1 aliphatic heterocycles. The van der Waals surface area contributed by atoms with Crippen molar-refractivity contribution < 1.29 is 19.1 Å². The standard InChI is InChI=1S/C27H28N2O4/c1-19(20-8-3-2-4-9-20)28-27(31)24-11-5-6-12-25(24)29-26(30)21-13-15-22(16-14-21)33-18-23-10-7-17-32-23/h2-6,8-9,11-16,19,23H,7,10,17-18H2,1H3,(H,28,31)(H,29,30). The fraction of sp³-hybridized carbons (Fsp3) is 0.259. The first-order valence-corrected chi connectivity index (χ1v) is 11.2. The normalized spacial score (nSPS) is 16.1. The van der Waals surface area contributed by atoms with Crippen LogP contribution in [0.25, 0.3) is 0 Å². The molecule has 0 aromatic heterocycles. The largest absolute Gasteiger partial charge is 0.491 e.